The molecule has 2 aromatic rings. The van der Waals surface area contributed by atoms with E-state index in [0.29, 0.717) is 50.1 Å². The van der Waals surface area contributed by atoms with Gasteiger partial charge in [0.25, 0.3) is 0 Å². The van der Waals surface area contributed by atoms with Crippen molar-refractivity contribution in [2.24, 2.45) is 0 Å². The number of rotatable bonds is 6. The zero-order valence-electron chi connectivity index (χ0n) is 14.7. The Kier molecular flexibility index (Phi) is 5.21. The van der Waals surface area contributed by atoms with E-state index in [2.05, 4.69) is 27.1 Å². The van der Waals surface area contributed by atoms with Gasteiger partial charge in [0, 0.05) is 32.6 Å². The van der Waals surface area contributed by atoms with Crippen molar-refractivity contribution in [1.29, 1.82) is 0 Å². The Morgan fingerprint density at radius 1 is 1.08 bits per heavy atom. The molecule has 0 atom stereocenters. The predicted molar refractivity (Wildman–Crippen MR) is 88.3 cm³/mol. The van der Waals surface area contributed by atoms with Gasteiger partial charge in [-0.2, -0.15) is 9.29 Å². The van der Waals surface area contributed by atoms with Gasteiger partial charge in [0.2, 0.25) is 15.9 Å². The minimum atomic E-state index is -3.58. The molecule has 0 bridgehead atoms. The second-order valence-electron chi connectivity index (χ2n) is 6.19. The van der Waals surface area contributed by atoms with Crippen LogP contribution in [-0.2, 0) is 23.0 Å². The van der Waals surface area contributed by atoms with E-state index in [9.17, 15) is 8.42 Å². The number of piperazine rings is 1. The van der Waals surface area contributed by atoms with E-state index in [-0.39, 0.29) is 4.90 Å². The molecule has 10 heteroatoms. The third-order valence-corrected chi connectivity index (χ3v) is 6.38. The second-order valence-corrected chi connectivity index (χ2v) is 8.06. The van der Waals surface area contributed by atoms with Gasteiger partial charge >= 0.3 is 0 Å². The molecule has 0 radical (unpaired) electrons. The average molecular weight is 369 g/mol. The molecule has 0 amide bonds. The van der Waals surface area contributed by atoms with Crippen LogP contribution >= 0.6 is 0 Å². The third-order valence-electron chi connectivity index (χ3n) is 4.24. The fourth-order valence-electron chi connectivity index (χ4n) is 2.97. The Hall–Kier alpha value is -1.78. The standard InChI is InChI=1S/C15H23N5O4S/c1-4-5-13-16-14(24-18-13)10-19-6-8-20(9-7-19)25(21,22)15-11(2)17-23-12(15)3/h4-10H2,1-3H3. The summed E-state index contributed by atoms with van der Waals surface area (Å²) in [5, 5.41) is 7.69. The highest BCUT2D eigenvalue weighted by atomic mass is 32.2. The van der Waals surface area contributed by atoms with Crippen molar-refractivity contribution in [2.75, 3.05) is 26.2 Å². The Labute approximate surface area is 147 Å². The van der Waals surface area contributed by atoms with Gasteiger partial charge < -0.3 is 9.05 Å². The van der Waals surface area contributed by atoms with Crippen LogP contribution in [0.4, 0.5) is 0 Å². The van der Waals surface area contributed by atoms with E-state index in [1.54, 1.807) is 13.8 Å². The van der Waals surface area contributed by atoms with Crippen LogP contribution in [0.15, 0.2) is 13.9 Å². The van der Waals surface area contributed by atoms with Crippen LogP contribution in [-0.4, -0.2) is 59.1 Å². The van der Waals surface area contributed by atoms with Crippen LogP contribution in [0.5, 0.6) is 0 Å². The number of sulfonamides is 1. The first-order valence-corrected chi connectivity index (χ1v) is 9.82. The maximum atomic E-state index is 12.8. The van der Waals surface area contributed by atoms with Gasteiger partial charge in [-0.3, -0.25) is 4.90 Å². The van der Waals surface area contributed by atoms with Crippen molar-refractivity contribution in [3.63, 3.8) is 0 Å². The van der Waals surface area contributed by atoms with Crippen molar-refractivity contribution in [3.8, 4) is 0 Å². The number of nitrogens with zero attached hydrogens (tertiary/aromatic N) is 5. The molecule has 9 nitrogen and oxygen atoms in total. The van der Waals surface area contributed by atoms with Crippen LogP contribution in [0.25, 0.3) is 0 Å². The van der Waals surface area contributed by atoms with Crippen LogP contribution in [0.3, 0.4) is 0 Å². The van der Waals surface area contributed by atoms with Crippen LogP contribution < -0.4 is 0 Å². The summed E-state index contributed by atoms with van der Waals surface area (Å²) < 4.78 is 37.3. The molecule has 1 saturated heterocycles. The summed E-state index contributed by atoms with van der Waals surface area (Å²) in [6, 6.07) is 0. The van der Waals surface area contributed by atoms with Gasteiger partial charge in [-0.25, -0.2) is 8.42 Å². The van der Waals surface area contributed by atoms with E-state index in [0.717, 1.165) is 18.7 Å². The molecule has 138 valence electrons. The normalized spacial score (nSPS) is 17.2. The second kappa shape index (κ2) is 7.22. The average Bonchev–Trinajstić information content (AvgIpc) is 3.15. The highest BCUT2D eigenvalue weighted by molar-refractivity contribution is 7.89. The largest absolute Gasteiger partial charge is 0.360 e. The van der Waals surface area contributed by atoms with Gasteiger partial charge in [-0.15, -0.1) is 0 Å². The molecule has 0 unspecified atom stereocenters. The van der Waals surface area contributed by atoms with E-state index in [1.807, 2.05) is 0 Å². The molecule has 3 rings (SSSR count). The van der Waals surface area contributed by atoms with Crippen LogP contribution in [0.1, 0.15) is 36.5 Å². The van der Waals surface area contributed by atoms with Crippen LogP contribution in [0.2, 0.25) is 0 Å². The monoisotopic (exact) mass is 369 g/mol. The summed E-state index contributed by atoms with van der Waals surface area (Å²) in [4.78, 5) is 6.65. The number of hydrogen-bond donors (Lipinski definition) is 0. The summed E-state index contributed by atoms with van der Waals surface area (Å²) in [6.07, 6.45) is 1.77. The van der Waals surface area contributed by atoms with Crippen molar-refractivity contribution in [3.05, 3.63) is 23.2 Å². The molecule has 0 spiro atoms. The van der Waals surface area contributed by atoms with Gasteiger partial charge in [0.1, 0.15) is 10.6 Å². The van der Waals surface area contributed by atoms with Gasteiger partial charge in [-0.1, -0.05) is 17.2 Å². The molecule has 1 aliphatic rings. The lowest BCUT2D eigenvalue weighted by Crippen LogP contribution is -2.48. The van der Waals surface area contributed by atoms with E-state index < -0.39 is 10.0 Å². The molecular formula is C15H23N5O4S. The van der Waals surface area contributed by atoms with Crippen molar-refractivity contribution in [1.82, 2.24) is 24.5 Å². The summed E-state index contributed by atoms with van der Waals surface area (Å²) in [7, 11) is -3.58. The smallest absolute Gasteiger partial charge is 0.248 e. The maximum Gasteiger partial charge on any atom is 0.248 e. The van der Waals surface area contributed by atoms with E-state index in [4.69, 9.17) is 9.05 Å². The predicted octanol–water partition coefficient (Wildman–Crippen LogP) is 1.13. The zero-order valence-corrected chi connectivity index (χ0v) is 15.5. The topological polar surface area (TPSA) is 106 Å². The minimum Gasteiger partial charge on any atom is -0.360 e. The molecule has 0 N–H and O–H groups in total. The Bertz CT molecular complexity index is 801. The first-order chi connectivity index (χ1) is 11.9. The lowest BCUT2D eigenvalue weighted by atomic mass is 10.3. The maximum absolute atomic E-state index is 12.8. The molecule has 1 fully saturated rings. The quantitative estimate of drug-likeness (QED) is 0.746. The number of hydrogen-bond acceptors (Lipinski definition) is 8. The molecule has 0 aromatic carbocycles. The summed E-state index contributed by atoms with van der Waals surface area (Å²) in [5.41, 5.74) is 0.397. The third kappa shape index (κ3) is 3.75. The summed E-state index contributed by atoms with van der Waals surface area (Å²) in [5.74, 6) is 1.62. The molecule has 2 aromatic heterocycles. The minimum absolute atomic E-state index is 0.182. The van der Waals surface area contributed by atoms with E-state index in [1.165, 1.54) is 4.31 Å². The highest BCUT2D eigenvalue weighted by Crippen LogP contribution is 2.24. The van der Waals surface area contributed by atoms with Gasteiger partial charge in [-0.05, 0) is 20.3 Å². The lowest BCUT2D eigenvalue weighted by molar-refractivity contribution is 0.163. The summed E-state index contributed by atoms with van der Waals surface area (Å²) in [6.45, 7) is 7.88. The van der Waals surface area contributed by atoms with Crippen molar-refractivity contribution in [2.45, 2.75) is 45.1 Å². The lowest BCUT2D eigenvalue weighted by Gasteiger charge is -2.32. The van der Waals surface area contributed by atoms with Crippen molar-refractivity contribution >= 4 is 10.0 Å². The van der Waals surface area contributed by atoms with E-state index >= 15 is 0 Å². The molecular weight excluding hydrogens is 346 g/mol. The summed E-state index contributed by atoms with van der Waals surface area (Å²) >= 11 is 0. The number of aryl methyl sites for hydroxylation is 3. The van der Waals surface area contributed by atoms with Gasteiger partial charge in [0.15, 0.2) is 11.6 Å². The van der Waals surface area contributed by atoms with Gasteiger partial charge in [0.05, 0.1) is 6.54 Å². The SMILES string of the molecule is CCCc1noc(CN2CCN(S(=O)(=O)c3c(C)noc3C)CC2)n1. The molecule has 25 heavy (non-hydrogen) atoms. The molecule has 0 aliphatic carbocycles. The zero-order chi connectivity index (χ0) is 18.0. The molecule has 3 heterocycles. The highest BCUT2D eigenvalue weighted by Gasteiger charge is 2.33. The Balaban J connectivity index is 1.61. The van der Waals surface area contributed by atoms with Crippen molar-refractivity contribution < 1.29 is 17.5 Å². The first kappa shape index (κ1) is 18.0. The Morgan fingerprint density at radius 2 is 1.80 bits per heavy atom. The Morgan fingerprint density at radius 3 is 2.40 bits per heavy atom. The number of aromatic nitrogens is 3. The van der Waals surface area contributed by atoms with Crippen LogP contribution in [0, 0.1) is 13.8 Å². The molecule has 0 saturated carbocycles. The molecule has 1 aliphatic heterocycles. The first-order valence-electron chi connectivity index (χ1n) is 8.38. The fraction of sp³-hybridized carbons (Fsp3) is 0.667. The fourth-order valence-corrected chi connectivity index (χ4v) is 4.68.